The van der Waals surface area contributed by atoms with Crippen LogP contribution in [0.25, 0.3) is 11.6 Å². The van der Waals surface area contributed by atoms with Gasteiger partial charge in [-0.25, -0.2) is 0 Å². The summed E-state index contributed by atoms with van der Waals surface area (Å²) >= 11 is 0. The summed E-state index contributed by atoms with van der Waals surface area (Å²) in [6.07, 6.45) is 11.0. The standard InChI is InChI=1S/C13H10/c1-3-7-12-10(5-1)9-11-6-2-4-8-13(11)12/h1-10H. The van der Waals surface area contributed by atoms with Crippen molar-refractivity contribution in [3.63, 3.8) is 0 Å². The van der Waals surface area contributed by atoms with Crippen LogP contribution in [0.5, 0.6) is 0 Å². The van der Waals surface area contributed by atoms with Crippen molar-refractivity contribution in [2.45, 2.75) is 0 Å². The topological polar surface area (TPSA) is 0 Å². The fourth-order valence-corrected chi connectivity index (χ4v) is 2.07. The molecule has 1 aromatic carbocycles. The molecule has 0 N–H and O–H groups in total. The number of fused-ring (bicyclic) bond motifs is 2. The fraction of sp³-hybridized carbons (Fsp3) is 0.0769. The summed E-state index contributed by atoms with van der Waals surface area (Å²) in [6, 6.07) is 8.59. The molecule has 1 aromatic rings. The molecular weight excluding hydrogens is 156 g/mol. The maximum absolute atomic E-state index is 2.32. The Labute approximate surface area is 77.2 Å². The first-order chi connectivity index (χ1) is 6.45. The average molecular weight is 166 g/mol. The van der Waals surface area contributed by atoms with Crippen LogP contribution in [0.4, 0.5) is 0 Å². The molecule has 2 aliphatic carbocycles. The third kappa shape index (κ3) is 0.919. The lowest BCUT2D eigenvalue weighted by Crippen LogP contribution is -2.21. The maximum Gasteiger partial charge on any atom is 0.0216 e. The van der Waals surface area contributed by atoms with E-state index >= 15 is 0 Å². The van der Waals surface area contributed by atoms with Gasteiger partial charge in [-0.15, -0.1) is 0 Å². The maximum atomic E-state index is 2.32. The molecule has 0 heteroatoms. The van der Waals surface area contributed by atoms with Crippen molar-refractivity contribution in [2.24, 2.45) is 5.92 Å². The largest absolute Gasteiger partial charge is 0.0732 e. The Morgan fingerprint density at radius 2 is 1.92 bits per heavy atom. The number of rotatable bonds is 0. The van der Waals surface area contributed by atoms with Crippen molar-refractivity contribution in [3.05, 3.63) is 59.0 Å². The zero-order valence-electron chi connectivity index (χ0n) is 7.27. The third-order valence-corrected chi connectivity index (χ3v) is 2.70. The summed E-state index contributed by atoms with van der Waals surface area (Å²) in [5.41, 5.74) is 1.44. The normalized spacial score (nSPS) is 22.5. The second-order valence-electron chi connectivity index (χ2n) is 3.48. The number of allylic oxidation sites excluding steroid dienone is 4. The van der Waals surface area contributed by atoms with Gasteiger partial charge in [-0.05, 0) is 16.0 Å². The molecule has 0 nitrogen and oxygen atoms in total. The van der Waals surface area contributed by atoms with Crippen molar-refractivity contribution in [1.29, 1.82) is 0 Å². The summed E-state index contributed by atoms with van der Waals surface area (Å²) in [5, 5.41) is 2.77. The van der Waals surface area contributed by atoms with Crippen LogP contribution in [0, 0.1) is 5.92 Å². The molecule has 0 aliphatic heterocycles. The van der Waals surface area contributed by atoms with E-state index in [9.17, 15) is 0 Å². The van der Waals surface area contributed by atoms with Crippen LogP contribution in [0.1, 0.15) is 0 Å². The molecule has 1 atom stereocenters. The van der Waals surface area contributed by atoms with Crippen LogP contribution in [0.15, 0.2) is 48.6 Å². The van der Waals surface area contributed by atoms with Gasteiger partial charge in [0.2, 0.25) is 0 Å². The van der Waals surface area contributed by atoms with Crippen LogP contribution in [0.2, 0.25) is 0 Å². The highest BCUT2D eigenvalue weighted by atomic mass is 14.2. The molecule has 0 fully saturated rings. The molecule has 0 spiro atoms. The number of hydrogen-bond donors (Lipinski definition) is 0. The molecule has 0 saturated heterocycles. The van der Waals surface area contributed by atoms with E-state index in [0.717, 1.165) is 0 Å². The molecule has 1 unspecified atom stereocenters. The lowest BCUT2D eigenvalue weighted by atomic mass is 9.97. The van der Waals surface area contributed by atoms with Gasteiger partial charge >= 0.3 is 0 Å². The van der Waals surface area contributed by atoms with Gasteiger partial charge in [0.1, 0.15) is 0 Å². The predicted molar refractivity (Wildman–Crippen MR) is 55.3 cm³/mol. The second-order valence-corrected chi connectivity index (χ2v) is 3.48. The van der Waals surface area contributed by atoms with E-state index in [-0.39, 0.29) is 0 Å². The minimum atomic E-state index is 0.516. The lowest BCUT2D eigenvalue weighted by molar-refractivity contribution is 1.18. The molecule has 62 valence electrons. The molecular formula is C13H10. The van der Waals surface area contributed by atoms with E-state index in [4.69, 9.17) is 0 Å². The Kier molecular flexibility index (Phi) is 1.31. The summed E-state index contributed by atoms with van der Waals surface area (Å²) < 4.78 is 0. The van der Waals surface area contributed by atoms with Gasteiger partial charge in [-0.3, -0.25) is 0 Å². The number of hydrogen-bond acceptors (Lipinski definition) is 0. The summed E-state index contributed by atoms with van der Waals surface area (Å²) in [4.78, 5) is 0. The Morgan fingerprint density at radius 3 is 2.92 bits per heavy atom. The van der Waals surface area contributed by atoms with Gasteiger partial charge in [0, 0.05) is 5.92 Å². The molecule has 0 amide bonds. The summed E-state index contributed by atoms with van der Waals surface area (Å²) in [7, 11) is 0. The van der Waals surface area contributed by atoms with Crippen LogP contribution < -0.4 is 10.4 Å². The Morgan fingerprint density at radius 1 is 1.00 bits per heavy atom. The van der Waals surface area contributed by atoms with E-state index in [1.807, 2.05) is 0 Å². The van der Waals surface area contributed by atoms with E-state index in [2.05, 4.69) is 54.6 Å². The molecule has 0 radical (unpaired) electrons. The smallest absolute Gasteiger partial charge is 0.0216 e. The van der Waals surface area contributed by atoms with Gasteiger partial charge in [-0.1, -0.05) is 54.6 Å². The SMILES string of the molecule is C1=CC2=c3ccccc3=CC2C=C1. The highest BCUT2D eigenvalue weighted by molar-refractivity contribution is 5.74. The molecule has 0 saturated carbocycles. The van der Waals surface area contributed by atoms with Crippen LogP contribution >= 0.6 is 0 Å². The molecule has 0 aromatic heterocycles. The molecule has 13 heavy (non-hydrogen) atoms. The quantitative estimate of drug-likeness (QED) is 0.546. The minimum absolute atomic E-state index is 0.516. The Bertz CT molecular complexity index is 515. The predicted octanol–water partition coefficient (Wildman–Crippen LogP) is 1.37. The van der Waals surface area contributed by atoms with Crippen molar-refractivity contribution in [1.82, 2.24) is 0 Å². The molecule has 0 heterocycles. The van der Waals surface area contributed by atoms with Gasteiger partial charge in [-0.2, -0.15) is 0 Å². The van der Waals surface area contributed by atoms with E-state index < -0.39 is 0 Å². The molecule has 0 bridgehead atoms. The first kappa shape index (κ1) is 6.90. The van der Waals surface area contributed by atoms with Crippen molar-refractivity contribution < 1.29 is 0 Å². The zero-order valence-corrected chi connectivity index (χ0v) is 7.27. The molecule has 2 aliphatic rings. The number of benzene rings is 1. The lowest BCUT2D eigenvalue weighted by Gasteiger charge is -2.07. The average Bonchev–Trinajstić information content (AvgIpc) is 2.56. The summed E-state index contributed by atoms with van der Waals surface area (Å²) in [5.74, 6) is 0.516. The van der Waals surface area contributed by atoms with Gasteiger partial charge in [0.05, 0.1) is 0 Å². The Balaban J connectivity index is 2.44. The summed E-state index contributed by atoms with van der Waals surface area (Å²) in [6.45, 7) is 0. The monoisotopic (exact) mass is 166 g/mol. The van der Waals surface area contributed by atoms with Crippen LogP contribution in [-0.4, -0.2) is 0 Å². The van der Waals surface area contributed by atoms with Gasteiger partial charge < -0.3 is 0 Å². The zero-order chi connectivity index (χ0) is 8.67. The van der Waals surface area contributed by atoms with Crippen LogP contribution in [0.3, 0.4) is 0 Å². The van der Waals surface area contributed by atoms with Crippen molar-refractivity contribution in [2.75, 3.05) is 0 Å². The minimum Gasteiger partial charge on any atom is -0.0732 e. The second kappa shape index (κ2) is 2.46. The van der Waals surface area contributed by atoms with Gasteiger partial charge in [0.25, 0.3) is 0 Å². The van der Waals surface area contributed by atoms with Crippen molar-refractivity contribution in [3.8, 4) is 0 Å². The highest BCUT2D eigenvalue weighted by Gasteiger charge is 2.13. The molecule has 3 rings (SSSR count). The third-order valence-electron chi connectivity index (χ3n) is 2.70. The van der Waals surface area contributed by atoms with E-state index in [1.165, 1.54) is 16.0 Å². The van der Waals surface area contributed by atoms with Gasteiger partial charge in [0.15, 0.2) is 0 Å². The van der Waals surface area contributed by atoms with E-state index in [1.54, 1.807) is 0 Å². The first-order valence-electron chi connectivity index (χ1n) is 4.61. The Hall–Kier alpha value is -1.56. The van der Waals surface area contributed by atoms with E-state index in [0.29, 0.717) is 5.92 Å². The fourth-order valence-electron chi connectivity index (χ4n) is 2.07. The first-order valence-corrected chi connectivity index (χ1v) is 4.61. The van der Waals surface area contributed by atoms with Crippen molar-refractivity contribution >= 4 is 11.6 Å². The highest BCUT2D eigenvalue weighted by Crippen LogP contribution is 2.21. The van der Waals surface area contributed by atoms with Crippen LogP contribution in [-0.2, 0) is 0 Å².